The molecule has 20 heavy (non-hydrogen) atoms. The van der Waals surface area contributed by atoms with Crippen LogP contribution in [0.4, 0.5) is 4.79 Å². The molecule has 2 N–H and O–H groups in total. The van der Waals surface area contributed by atoms with Crippen molar-refractivity contribution in [3.05, 3.63) is 0 Å². The molecule has 0 spiro atoms. The quantitative estimate of drug-likeness (QED) is 0.835. The second-order valence-electron chi connectivity index (χ2n) is 6.19. The number of carboxylic acids is 1. The first-order valence-corrected chi connectivity index (χ1v) is 8.20. The molecule has 5 nitrogen and oxygen atoms in total. The molecule has 0 aromatic carbocycles. The molecule has 1 rings (SSSR count). The summed E-state index contributed by atoms with van der Waals surface area (Å²) >= 11 is 1.86. The highest BCUT2D eigenvalue weighted by Gasteiger charge is 2.27. The van der Waals surface area contributed by atoms with Crippen LogP contribution in [0.3, 0.4) is 0 Å². The Hall–Kier alpha value is -0.910. The molecular formula is C14H25NO4S. The number of aliphatic carboxylic acids is 1. The first kappa shape index (κ1) is 17.1. The van der Waals surface area contributed by atoms with Gasteiger partial charge in [-0.15, -0.1) is 0 Å². The van der Waals surface area contributed by atoms with Gasteiger partial charge in [0.1, 0.15) is 5.60 Å². The van der Waals surface area contributed by atoms with Crippen molar-refractivity contribution in [1.82, 2.24) is 5.32 Å². The predicted octanol–water partition coefficient (Wildman–Crippen LogP) is 2.75. The highest BCUT2D eigenvalue weighted by Crippen LogP contribution is 2.30. The number of hydrogen-bond donors (Lipinski definition) is 2. The summed E-state index contributed by atoms with van der Waals surface area (Å²) in [5, 5.41) is 11.8. The summed E-state index contributed by atoms with van der Waals surface area (Å²) in [6.45, 7) is 5.96. The van der Waals surface area contributed by atoms with Gasteiger partial charge in [-0.2, -0.15) is 11.8 Å². The molecule has 2 atom stereocenters. The molecule has 1 heterocycles. The third kappa shape index (κ3) is 7.03. The van der Waals surface area contributed by atoms with Crippen molar-refractivity contribution in [2.45, 2.75) is 45.6 Å². The number of ether oxygens (including phenoxy) is 1. The van der Waals surface area contributed by atoms with Crippen LogP contribution >= 0.6 is 11.8 Å². The summed E-state index contributed by atoms with van der Waals surface area (Å²) < 4.78 is 5.20. The van der Waals surface area contributed by atoms with Crippen LogP contribution in [-0.4, -0.2) is 40.8 Å². The second-order valence-corrected chi connectivity index (χ2v) is 7.42. The van der Waals surface area contributed by atoms with Crippen molar-refractivity contribution in [1.29, 1.82) is 0 Å². The van der Waals surface area contributed by atoms with Crippen LogP contribution in [0.1, 0.15) is 40.0 Å². The Morgan fingerprint density at radius 2 is 1.85 bits per heavy atom. The minimum atomic E-state index is -0.760. The van der Waals surface area contributed by atoms with E-state index in [2.05, 4.69) is 5.32 Å². The van der Waals surface area contributed by atoms with Gasteiger partial charge in [0.2, 0.25) is 0 Å². The molecule has 0 aliphatic carbocycles. The number of carbonyl (C=O) groups excluding carboxylic acids is 1. The van der Waals surface area contributed by atoms with E-state index in [1.54, 1.807) is 0 Å². The summed E-state index contributed by atoms with van der Waals surface area (Å²) in [7, 11) is 0. The van der Waals surface area contributed by atoms with Gasteiger partial charge in [0.15, 0.2) is 0 Å². The molecule has 116 valence electrons. The maximum absolute atomic E-state index is 11.7. The van der Waals surface area contributed by atoms with Gasteiger partial charge in [-0.25, -0.2) is 4.79 Å². The summed E-state index contributed by atoms with van der Waals surface area (Å²) in [5.41, 5.74) is -0.510. The zero-order valence-electron chi connectivity index (χ0n) is 12.5. The van der Waals surface area contributed by atoms with Gasteiger partial charge < -0.3 is 15.2 Å². The topological polar surface area (TPSA) is 75.6 Å². The van der Waals surface area contributed by atoms with Crippen LogP contribution in [0.15, 0.2) is 0 Å². The highest BCUT2D eigenvalue weighted by molar-refractivity contribution is 7.99. The fourth-order valence-electron chi connectivity index (χ4n) is 2.33. The normalized spacial score (nSPS) is 23.8. The van der Waals surface area contributed by atoms with Gasteiger partial charge in [-0.05, 0) is 57.0 Å². The zero-order chi connectivity index (χ0) is 15.2. The van der Waals surface area contributed by atoms with Gasteiger partial charge in [0.05, 0.1) is 0 Å². The number of rotatable bonds is 4. The Labute approximate surface area is 124 Å². The molecule has 0 unspecified atom stereocenters. The van der Waals surface area contributed by atoms with E-state index in [0.717, 1.165) is 24.3 Å². The van der Waals surface area contributed by atoms with Gasteiger partial charge in [0, 0.05) is 13.0 Å². The van der Waals surface area contributed by atoms with Crippen LogP contribution in [0.5, 0.6) is 0 Å². The molecule has 0 aromatic rings. The Kier molecular flexibility index (Phi) is 6.65. The third-order valence-corrected chi connectivity index (χ3v) is 4.33. The van der Waals surface area contributed by atoms with Crippen molar-refractivity contribution in [3.8, 4) is 0 Å². The Morgan fingerprint density at radius 1 is 1.25 bits per heavy atom. The van der Waals surface area contributed by atoms with Gasteiger partial charge in [0.25, 0.3) is 0 Å². The van der Waals surface area contributed by atoms with Crippen LogP contribution in [-0.2, 0) is 9.53 Å². The molecule has 1 saturated heterocycles. The second kappa shape index (κ2) is 7.76. The molecule has 1 aliphatic rings. The average molecular weight is 303 g/mol. The summed E-state index contributed by atoms with van der Waals surface area (Å²) in [5.74, 6) is 1.62. The van der Waals surface area contributed by atoms with E-state index in [1.807, 2.05) is 32.5 Å². The molecule has 0 saturated carbocycles. The van der Waals surface area contributed by atoms with Crippen LogP contribution in [0.2, 0.25) is 0 Å². The lowest BCUT2D eigenvalue weighted by molar-refractivity contribution is -0.138. The maximum Gasteiger partial charge on any atom is 0.407 e. The first-order chi connectivity index (χ1) is 9.28. The molecule has 0 bridgehead atoms. The van der Waals surface area contributed by atoms with Crippen LogP contribution in [0, 0.1) is 11.8 Å². The van der Waals surface area contributed by atoms with Crippen molar-refractivity contribution in [3.63, 3.8) is 0 Å². The van der Waals surface area contributed by atoms with E-state index in [0.29, 0.717) is 6.54 Å². The Morgan fingerprint density at radius 3 is 2.40 bits per heavy atom. The molecular weight excluding hydrogens is 278 g/mol. The van der Waals surface area contributed by atoms with E-state index in [4.69, 9.17) is 9.84 Å². The monoisotopic (exact) mass is 303 g/mol. The smallest absolute Gasteiger partial charge is 0.407 e. The van der Waals surface area contributed by atoms with Crippen molar-refractivity contribution < 1.29 is 19.4 Å². The summed E-state index contributed by atoms with van der Waals surface area (Å²) in [6.07, 6.45) is 1.60. The third-order valence-electron chi connectivity index (χ3n) is 3.28. The van der Waals surface area contributed by atoms with Crippen molar-refractivity contribution >= 4 is 23.8 Å². The average Bonchev–Trinajstić information content (AvgIpc) is 2.49. The van der Waals surface area contributed by atoms with Crippen molar-refractivity contribution in [2.24, 2.45) is 11.8 Å². The fraction of sp³-hybridized carbons (Fsp3) is 0.857. The number of carbonyl (C=O) groups is 2. The number of alkyl carbamates (subject to hydrolysis) is 1. The SMILES string of the molecule is CC(C)(C)OC(=O)NC[C@@H]1CCSCC[C@H]1CC(=O)O. The minimum Gasteiger partial charge on any atom is -0.481 e. The summed E-state index contributed by atoms with van der Waals surface area (Å²) in [6, 6.07) is 0. The number of amides is 1. The maximum atomic E-state index is 11.7. The lowest BCUT2D eigenvalue weighted by Gasteiger charge is -2.25. The number of carboxylic acid groups (broad SMARTS) is 1. The van der Waals surface area contributed by atoms with Crippen LogP contribution < -0.4 is 5.32 Å². The lowest BCUT2D eigenvalue weighted by atomic mass is 9.85. The highest BCUT2D eigenvalue weighted by atomic mass is 32.2. The summed E-state index contributed by atoms with van der Waals surface area (Å²) in [4.78, 5) is 22.6. The molecule has 0 radical (unpaired) electrons. The first-order valence-electron chi connectivity index (χ1n) is 7.04. The van der Waals surface area contributed by atoms with Crippen LogP contribution in [0.25, 0.3) is 0 Å². The lowest BCUT2D eigenvalue weighted by Crippen LogP contribution is -2.37. The van der Waals surface area contributed by atoms with Gasteiger partial charge >= 0.3 is 12.1 Å². The van der Waals surface area contributed by atoms with E-state index < -0.39 is 17.7 Å². The molecule has 0 aromatic heterocycles. The molecule has 6 heteroatoms. The number of thioether (sulfide) groups is 1. The van der Waals surface area contributed by atoms with Gasteiger partial charge in [-0.1, -0.05) is 0 Å². The number of nitrogens with one attached hydrogen (secondary N) is 1. The molecule has 1 aliphatic heterocycles. The standard InChI is InChI=1S/C14H25NO4S/c1-14(2,3)19-13(18)15-9-11-5-7-20-6-4-10(11)8-12(16)17/h10-11H,4-9H2,1-3H3,(H,15,18)(H,16,17)/t10-,11-/m0/s1. The van der Waals surface area contributed by atoms with E-state index in [9.17, 15) is 9.59 Å². The Balaban J connectivity index is 2.48. The van der Waals surface area contributed by atoms with E-state index >= 15 is 0 Å². The van der Waals surface area contributed by atoms with E-state index in [1.165, 1.54) is 0 Å². The fourth-order valence-corrected chi connectivity index (χ4v) is 3.48. The minimum absolute atomic E-state index is 0.137. The van der Waals surface area contributed by atoms with Crippen molar-refractivity contribution in [2.75, 3.05) is 18.1 Å². The largest absolute Gasteiger partial charge is 0.481 e. The predicted molar refractivity (Wildman–Crippen MR) is 80.0 cm³/mol. The zero-order valence-corrected chi connectivity index (χ0v) is 13.3. The Bertz CT molecular complexity index is 341. The molecule has 1 fully saturated rings. The number of hydrogen-bond acceptors (Lipinski definition) is 4. The molecule has 1 amide bonds. The van der Waals surface area contributed by atoms with E-state index in [-0.39, 0.29) is 18.3 Å². The van der Waals surface area contributed by atoms with Gasteiger partial charge in [-0.3, -0.25) is 4.79 Å².